The maximum absolute atomic E-state index is 12.5. The normalized spacial score (nSPS) is 16.0. The molecule has 1 amide bonds. The molecule has 5 rings (SSSR count). The first-order valence-corrected chi connectivity index (χ1v) is 10.8. The van der Waals surface area contributed by atoms with E-state index in [-0.39, 0.29) is 5.91 Å². The van der Waals surface area contributed by atoms with Crippen LogP contribution in [-0.4, -0.2) is 36.0 Å². The van der Waals surface area contributed by atoms with Gasteiger partial charge in [0.25, 0.3) is 5.91 Å². The molecule has 0 spiro atoms. The molecule has 1 aliphatic carbocycles. The number of pyridine rings is 1. The van der Waals surface area contributed by atoms with Gasteiger partial charge in [0.15, 0.2) is 11.5 Å². The Bertz CT molecular complexity index is 1060. The summed E-state index contributed by atoms with van der Waals surface area (Å²) in [5, 5.41) is 0. The summed E-state index contributed by atoms with van der Waals surface area (Å²) in [5.41, 5.74) is 4.23. The molecule has 158 valence electrons. The van der Waals surface area contributed by atoms with Gasteiger partial charge in [-0.3, -0.25) is 9.78 Å². The highest BCUT2D eigenvalue weighted by Crippen LogP contribution is 2.40. The number of likely N-dealkylation sites (tertiary alicyclic amines) is 1. The third-order valence-electron chi connectivity index (χ3n) is 6.13. The summed E-state index contributed by atoms with van der Waals surface area (Å²) in [6.45, 7) is 1.88. The summed E-state index contributed by atoms with van der Waals surface area (Å²) in [4.78, 5) is 18.5. The molecular weight excluding hydrogens is 388 g/mol. The quantitative estimate of drug-likeness (QED) is 0.558. The van der Waals surface area contributed by atoms with Crippen molar-refractivity contribution in [2.75, 3.05) is 20.2 Å². The second-order valence-electron chi connectivity index (χ2n) is 8.34. The van der Waals surface area contributed by atoms with Crippen LogP contribution in [0.1, 0.15) is 51.9 Å². The van der Waals surface area contributed by atoms with Crippen molar-refractivity contribution in [3.63, 3.8) is 0 Å². The van der Waals surface area contributed by atoms with Crippen molar-refractivity contribution in [3.8, 4) is 11.5 Å². The third-order valence-corrected chi connectivity index (χ3v) is 6.13. The standard InChI is InChI=1S/C26H26N2O3/c1-30-25-14-21(22-15-28(16-22)26(29)23-4-2-3-13-27-23)11-12-24(25)31-17-18-5-7-19(8-6-18)20-9-10-20/h2-8,11-14,20,22H,9-10,15-17H2,1H3. The average Bonchev–Trinajstić information content (AvgIpc) is 3.63. The summed E-state index contributed by atoms with van der Waals surface area (Å²) >= 11 is 0. The molecule has 2 heterocycles. The molecule has 0 unspecified atom stereocenters. The van der Waals surface area contributed by atoms with Gasteiger partial charge in [-0.25, -0.2) is 0 Å². The number of nitrogens with zero attached hydrogens (tertiary/aromatic N) is 2. The molecule has 2 aromatic carbocycles. The van der Waals surface area contributed by atoms with E-state index in [1.165, 1.54) is 18.4 Å². The lowest BCUT2D eigenvalue weighted by Gasteiger charge is -2.39. The van der Waals surface area contributed by atoms with Crippen LogP contribution in [0.25, 0.3) is 0 Å². The zero-order valence-corrected chi connectivity index (χ0v) is 17.7. The summed E-state index contributed by atoms with van der Waals surface area (Å²) in [7, 11) is 1.66. The van der Waals surface area contributed by atoms with Gasteiger partial charge in [0, 0.05) is 25.2 Å². The Morgan fingerprint density at radius 1 is 0.968 bits per heavy atom. The fourth-order valence-corrected chi connectivity index (χ4v) is 4.03. The topological polar surface area (TPSA) is 51.7 Å². The van der Waals surface area contributed by atoms with Crippen LogP contribution in [0, 0.1) is 0 Å². The Balaban J connectivity index is 1.19. The Kier molecular flexibility index (Phi) is 5.33. The summed E-state index contributed by atoms with van der Waals surface area (Å²) < 4.78 is 11.6. The fourth-order valence-electron chi connectivity index (χ4n) is 4.03. The minimum atomic E-state index is -0.0172. The minimum absolute atomic E-state index is 0.0172. The van der Waals surface area contributed by atoms with Gasteiger partial charge in [0.2, 0.25) is 0 Å². The first-order chi connectivity index (χ1) is 15.2. The number of amides is 1. The van der Waals surface area contributed by atoms with Gasteiger partial charge in [0.1, 0.15) is 12.3 Å². The van der Waals surface area contributed by atoms with Crippen molar-refractivity contribution in [1.29, 1.82) is 0 Å². The average molecular weight is 415 g/mol. The SMILES string of the molecule is COc1cc(C2CN(C(=O)c3ccccn3)C2)ccc1OCc1ccc(C2CC2)cc1. The van der Waals surface area contributed by atoms with E-state index in [9.17, 15) is 4.79 Å². The summed E-state index contributed by atoms with van der Waals surface area (Å²) in [5.74, 6) is 2.51. The largest absolute Gasteiger partial charge is 0.493 e. The Morgan fingerprint density at radius 3 is 2.42 bits per heavy atom. The molecule has 2 fully saturated rings. The van der Waals surface area contributed by atoms with E-state index in [2.05, 4.69) is 35.3 Å². The predicted octanol–water partition coefficient (Wildman–Crippen LogP) is 4.79. The lowest BCUT2D eigenvalue weighted by Crippen LogP contribution is -2.48. The molecule has 0 atom stereocenters. The smallest absolute Gasteiger partial charge is 0.272 e. The molecule has 31 heavy (non-hydrogen) atoms. The van der Waals surface area contributed by atoms with Crippen LogP contribution in [0.2, 0.25) is 0 Å². The van der Waals surface area contributed by atoms with E-state index in [4.69, 9.17) is 9.47 Å². The first-order valence-electron chi connectivity index (χ1n) is 10.8. The number of rotatable bonds is 7. The number of carbonyl (C=O) groups excluding carboxylic acids is 1. The molecule has 0 N–H and O–H groups in total. The van der Waals surface area contributed by atoms with Gasteiger partial charge in [0.05, 0.1) is 7.11 Å². The number of carbonyl (C=O) groups is 1. The van der Waals surface area contributed by atoms with E-state index in [0.717, 1.165) is 28.5 Å². The monoisotopic (exact) mass is 414 g/mol. The second kappa shape index (κ2) is 8.42. The van der Waals surface area contributed by atoms with Crippen LogP contribution in [0.3, 0.4) is 0 Å². The maximum atomic E-state index is 12.5. The van der Waals surface area contributed by atoms with Gasteiger partial charge < -0.3 is 14.4 Å². The predicted molar refractivity (Wildman–Crippen MR) is 119 cm³/mol. The van der Waals surface area contributed by atoms with E-state index in [1.54, 1.807) is 19.4 Å². The van der Waals surface area contributed by atoms with Crippen LogP contribution in [0.4, 0.5) is 0 Å². The zero-order valence-electron chi connectivity index (χ0n) is 17.7. The van der Waals surface area contributed by atoms with E-state index >= 15 is 0 Å². The molecule has 5 nitrogen and oxygen atoms in total. The zero-order chi connectivity index (χ0) is 21.2. The highest BCUT2D eigenvalue weighted by molar-refractivity contribution is 5.92. The first kappa shape index (κ1) is 19.6. The lowest BCUT2D eigenvalue weighted by atomic mass is 9.91. The van der Waals surface area contributed by atoms with Gasteiger partial charge in [-0.1, -0.05) is 36.4 Å². The highest BCUT2D eigenvalue weighted by atomic mass is 16.5. The number of ether oxygens (including phenoxy) is 2. The molecule has 1 aromatic heterocycles. The number of methoxy groups -OCH3 is 1. The van der Waals surface area contributed by atoms with Crippen LogP contribution < -0.4 is 9.47 Å². The van der Waals surface area contributed by atoms with Crippen molar-refractivity contribution in [2.45, 2.75) is 31.3 Å². The van der Waals surface area contributed by atoms with Crippen LogP contribution in [0.5, 0.6) is 11.5 Å². The molecule has 2 aliphatic rings. The van der Waals surface area contributed by atoms with Crippen LogP contribution in [0.15, 0.2) is 66.9 Å². The number of hydrogen-bond donors (Lipinski definition) is 0. The molecule has 0 radical (unpaired) electrons. The third kappa shape index (κ3) is 4.26. The van der Waals surface area contributed by atoms with E-state index in [1.807, 2.05) is 29.2 Å². The van der Waals surface area contributed by atoms with Crippen LogP contribution in [-0.2, 0) is 6.61 Å². The Labute approximate surface area is 182 Å². The Morgan fingerprint density at radius 2 is 1.74 bits per heavy atom. The Hall–Kier alpha value is -3.34. The fraction of sp³-hybridized carbons (Fsp3) is 0.308. The minimum Gasteiger partial charge on any atom is -0.493 e. The number of hydrogen-bond acceptors (Lipinski definition) is 4. The second-order valence-corrected chi connectivity index (χ2v) is 8.34. The van der Waals surface area contributed by atoms with Gasteiger partial charge in [-0.15, -0.1) is 0 Å². The lowest BCUT2D eigenvalue weighted by molar-refractivity contribution is 0.0596. The highest BCUT2D eigenvalue weighted by Gasteiger charge is 2.33. The van der Waals surface area contributed by atoms with Gasteiger partial charge in [-0.2, -0.15) is 0 Å². The molecule has 0 bridgehead atoms. The maximum Gasteiger partial charge on any atom is 0.272 e. The van der Waals surface area contributed by atoms with E-state index in [0.29, 0.717) is 31.3 Å². The van der Waals surface area contributed by atoms with Crippen LogP contribution >= 0.6 is 0 Å². The van der Waals surface area contributed by atoms with Crippen molar-refractivity contribution in [2.24, 2.45) is 0 Å². The van der Waals surface area contributed by atoms with Crippen molar-refractivity contribution >= 4 is 5.91 Å². The number of aromatic nitrogens is 1. The summed E-state index contributed by atoms with van der Waals surface area (Å²) in [6.07, 6.45) is 4.28. The molecular formula is C26H26N2O3. The van der Waals surface area contributed by atoms with Gasteiger partial charge in [-0.05, 0) is 59.7 Å². The molecule has 3 aromatic rings. The molecule has 1 saturated carbocycles. The summed E-state index contributed by atoms with van der Waals surface area (Å²) in [6, 6.07) is 20.2. The number of benzene rings is 2. The van der Waals surface area contributed by atoms with Crippen molar-refractivity contribution in [1.82, 2.24) is 9.88 Å². The molecule has 5 heteroatoms. The van der Waals surface area contributed by atoms with Gasteiger partial charge >= 0.3 is 0 Å². The molecule has 1 aliphatic heterocycles. The molecule has 1 saturated heterocycles. The van der Waals surface area contributed by atoms with E-state index < -0.39 is 0 Å². The van der Waals surface area contributed by atoms with Crippen molar-refractivity contribution in [3.05, 3.63) is 89.2 Å². The van der Waals surface area contributed by atoms with Crippen molar-refractivity contribution < 1.29 is 14.3 Å².